The fraction of sp³-hybridized carbons (Fsp3) is 0.833. The number of hydrogen-bond donors (Lipinski definition) is 2. The highest BCUT2D eigenvalue weighted by Crippen LogP contribution is 2.45. The van der Waals surface area contributed by atoms with Gasteiger partial charge in [-0.3, -0.25) is 9.59 Å². The number of nitrogens with one attached hydrogen (secondary N) is 1. The van der Waals surface area contributed by atoms with Crippen LogP contribution in [0.5, 0.6) is 0 Å². The van der Waals surface area contributed by atoms with Gasteiger partial charge in [0.15, 0.2) is 0 Å². The number of likely N-dealkylation sites (N-methyl/N-ethyl adjacent to an activating group) is 1. The van der Waals surface area contributed by atoms with Gasteiger partial charge in [0.05, 0.1) is 12.0 Å². The van der Waals surface area contributed by atoms with Crippen LogP contribution in [0, 0.1) is 5.41 Å². The zero-order valence-electron chi connectivity index (χ0n) is 11.2. The molecule has 18 heavy (non-hydrogen) atoms. The molecule has 0 heterocycles. The van der Waals surface area contributed by atoms with Crippen LogP contribution >= 0.6 is 0 Å². The second kappa shape index (κ2) is 6.70. The van der Waals surface area contributed by atoms with Gasteiger partial charge in [0, 0.05) is 33.9 Å². The van der Waals surface area contributed by atoms with Crippen molar-refractivity contribution in [3.63, 3.8) is 0 Å². The van der Waals surface area contributed by atoms with Crippen molar-refractivity contribution in [2.24, 2.45) is 11.1 Å². The van der Waals surface area contributed by atoms with Gasteiger partial charge in [-0.15, -0.1) is 0 Å². The summed E-state index contributed by atoms with van der Waals surface area (Å²) in [5.41, 5.74) is 5.21. The molecule has 0 unspecified atom stereocenters. The fourth-order valence-electron chi connectivity index (χ4n) is 1.85. The van der Waals surface area contributed by atoms with Crippen LogP contribution in [0.3, 0.4) is 0 Å². The molecule has 0 saturated heterocycles. The number of rotatable bonds is 8. The van der Waals surface area contributed by atoms with Crippen molar-refractivity contribution in [3.8, 4) is 0 Å². The molecule has 104 valence electrons. The van der Waals surface area contributed by atoms with E-state index in [0.717, 1.165) is 19.3 Å². The van der Waals surface area contributed by atoms with Crippen molar-refractivity contribution >= 4 is 11.8 Å². The van der Waals surface area contributed by atoms with E-state index in [0.29, 0.717) is 19.7 Å². The molecule has 6 nitrogen and oxygen atoms in total. The average molecular weight is 257 g/mol. The first-order chi connectivity index (χ1) is 8.55. The van der Waals surface area contributed by atoms with Gasteiger partial charge in [0.1, 0.15) is 0 Å². The summed E-state index contributed by atoms with van der Waals surface area (Å²) in [5.74, 6) is -0.160. The lowest BCUT2D eigenvalue weighted by Gasteiger charge is -2.21. The van der Waals surface area contributed by atoms with Gasteiger partial charge in [0.2, 0.25) is 11.8 Å². The topological polar surface area (TPSA) is 84.7 Å². The lowest BCUT2D eigenvalue weighted by molar-refractivity contribution is -0.138. The maximum atomic E-state index is 12.0. The largest absolute Gasteiger partial charge is 0.385 e. The highest BCUT2D eigenvalue weighted by atomic mass is 16.5. The molecule has 1 rings (SSSR count). The highest BCUT2D eigenvalue weighted by molar-refractivity contribution is 5.89. The van der Waals surface area contributed by atoms with Crippen LogP contribution in [-0.2, 0) is 14.3 Å². The number of hydrogen-bond acceptors (Lipinski definition) is 4. The number of carbonyl (C=O) groups excluding carboxylic acids is 2. The van der Waals surface area contributed by atoms with Gasteiger partial charge in [-0.25, -0.2) is 0 Å². The quantitative estimate of drug-likeness (QED) is 0.565. The molecule has 0 aromatic carbocycles. The summed E-state index contributed by atoms with van der Waals surface area (Å²) in [7, 11) is 3.27. The third-order valence-corrected chi connectivity index (χ3v) is 3.27. The Morgan fingerprint density at radius 1 is 1.44 bits per heavy atom. The fourth-order valence-corrected chi connectivity index (χ4v) is 1.85. The van der Waals surface area contributed by atoms with Gasteiger partial charge in [-0.05, 0) is 19.3 Å². The van der Waals surface area contributed by atoms with Gasteiger partial charge in [0.25, 0.3) is 0 Å². The third kappa shape index (κ3) is 3.96. The number of ether oxygens (including phenoxy) is 1. The van der Waals surface area contributed by atoms with Gasteiger partial charge in [-0.1, -0.05) is 0 Å². The first-order valence-electron chi connectivity index (χ1n) is 6.27. The number of amides is 2. The Bertz CT molecular complexity index is 303. The number of nitrogens with two attached hydrogens (primary N) is 1. The monoisotopic (exact) mass is 257 g/mol. The molecule has 1 saturated carbocycles. The summed E-state index contributed by atoms with van der Waals surface area (Å²) in [6.07, 6.45) is 2.44. The van der Waals surface area contributed by atoms with E-state index in [2.05, 4.69) is 5.32 Å². The normalized spacial score (nSPS) is 16.2. The Morgan fingerprint density at radius 2 is 2.11 bits per heavy atom. The van der Waals surface area contributed by atoms with Crippen molar-refractivity contribution in [2.75, 3.05) is 40.4 Å². The SMILES string of the molecule is COCCCNC(=O)CN(C)C(=O)C1(CN)CC1. The van der Waals surface area contributed by atoms with Crippen molar-refractivity contribution in [1.29, 1.82) is 0 Å². The Morgan fingerprint density at radius 3 is 2.61 bits per heavy atom. The first kappa shape index (κ1) is 14.9. The lowest BCUT2D eigenvalue weighted by Crippen LogP contribution is -2.43. The summed E-state index contributed by atoms with van der Waals surface area (Å²) in [5, 5.41) is 2.75. The molecule has 0 radical (unpaired) electrons. The molecule has 2 amide bonds. The molecular weight excluding hydrogens is 234 g/mol. The van der Waals surface area contributed by atoms with E-state index in [1.165, 1.54) is 4.90 Å². The van der Waals surface area contributed by atoms with E-state index in [-0.39, 0.29) is 23.8 Å². The van der Waals surface area contributed by atoms with E-state index in [1.54, 1.807) is 14.2 Å². The molecule has 1 aliphatic rings. The minimum absolute atomic E-state index is 0.0166. The molecule has 0 aliphatic heterocycles. The predicted molar refractivity (Wildman–Crippen MR) is 67.9 cm³/mol. The van der Waals surface area contributed by atoms with E-state index >= 15 is 0 Å². The third-order valence-electron chi connectivity index (χ3n) is 3.27. The molecule has 3 N–H and O–H groups in total. The van der Waals surface area contributed by atoms with E-state index in [9.17, 15) is 9.59 Å². The minimum Gasteiger partial charge on any atom is -0.385 e. The maximum absolute atomic E-state index is 12.0. The molecule has 1 aliphatic carbocycles. The average Bonchev–Trinajstić information content (AvgIpc) is 3.14. The number of nitrogens with zero attached hydrogens (tertiary/aromatic N) is 1. The minimum atomic E-state index is -0.384. The Labute approximate surface area is 108 Å². The van der Waals surface area contributed by atoms with Crippen LogP contribution in [0.2, 0.25) is 0 Å². The maximum Gasteiger partial charge on any atom is 0.239 e. The molecule has 0 aromatic rings. The summed E-state index contributed by atoms with van der Waals surface area (Å²) < 4.78 is 4.88. The summed E-state index contributed by atoms with van der Waals surface area (Å²) in [6.45, 7) is 1.64. The molecule has 0 aromatic heterocycles. The first-order valence-corrected chi connectivity index (χ1v) is 6.27. The lowest BCUT2D eigenvalue weighted by atomic mass is 10.1. The van der Waals surface area contributed by atoms with Crippen molar-refractivity contribution in [3.05, 3.63) is 0 Å². The van der Waals surface area contributed by atoms with Crippen LogP contribution in [0.4, 0.5) is 0 Å². The molecule has 0 spiro atoms. The Hall–Kier alpha value is -1.14. The summed E-state index contributed by atoms with van der Waals surface area (Å²) in [4.78, 5) is 25.1. The Balaban J connectivity index is 2.25. The molecule has 6 heteroatoms. The number of methoxy groups -OCH3 is 1. The molecule has 0 atom stereocenters. The number of carbonyl (C=O) groups is 2. The van der Waals surface area contributed by atoms with Crippen molar-refractivity contribution < 1.29 is 14.3 Å². The predicted octanol–water partition coefficient (Wildman–Crippen LogP) is -0.664. The Kier molecular flexibility index (Phi) is 5.55. The second-order valence-electron chi connectivity index (χ2n) is 4.84. The van der Waals surface area contributed by atoms with Crippen LogP contribution in [-0.4, -0.2) is 57.1 Å². The van der Waals surface area contributed by atoms with E-state index < -0.39 is 0 Å². The summed E-state index contributed by atoms with van der Waals surface area (Å²) in [6, 6.07) is 0. The molecule has 0 bridgehead atoms. The van der Waals surface area contributed by atoms with Crippen LogP contribution < -0.4 is 11.1 Å². The zero-order valence-corrected chi connectivity index (χ0v) is 11.2. The standard InChI is InChI=1S/C12H23N3O3/c1-15(11(17)12(9-13)4-5-12)8-10(16)14-6-3-7-18-2/h3-9,13H2,1-2H3,(H,14,16). The van der Waals surface area contributed by atoms with Crippen LogP contribution in [0.25, 0.3) is 0 Å². The van der Waals surface area contributed by atoms with E-state index in [1.807, 2.05) is 0 Å². The van der Waals surface area contributed by atoms with Crippen LogP contribution in [0.1, 0.15) is 19.3 Å². The highest BCUT2D eigenvalue weighted by Gasteiger charge is 2.49. The second-order valence-corrected chi connectivity index (χ2v) is 4.84. The zero-order chi connectivity index (χ0) is 13.6. The van der Waals surface area contributed by atoms with E-state index in [4.69, 9.17) is 10.5 Å². The summed E-state index contributed by atoms with van der Waals surface area (Å²) >= 11 is 0. The van der Waals surface area contributed by atoms with Crippen molar-refractivity contribution in [2.45, 2.75) is 19.3 Å². The molecule has 1 fully saturated rings. The van der Waals surface area contributed by atoms with Crippen LogP contribution in [0.15, 0.2) is 0 Å². The molecular formula is C12H23N3O3. The smallest absolute Gasteiger partial charge is 0.239 e. The van der Waals surface area contributed by atoms with Gasteiger partial charge >= 0.3 is 0 Å². The van der Waals surface area contributed by atoms with Crippen molar-refractivity contribution in [1.82, 2.24) is 10.2 Å². The van der Waals surface area contributed by atoms with Gasteiger partial charge < -0.3 is 20.7 Å². The van der Waals surface area contributed by atoms with Gasteiger partial charge in [-0.2, -0.15) is 0 Å².